The predicted molar refractivity (Wildman–Crippen MR) is 117 cm³/mol. The molecular formula is C24H30N2O4. The van der Waals surface area contributed by atoms with Gasteiger partial charge in [0.05, 0.1) is 0 Å². The molecular weight excluding hydrogens is 380 g/mol. The summed E-state index contributed by atoms with van der Waals surface area (Å²) >= 11 is 0. The summed E-state index contributed by atoms with van der Waals surface area (Å²) < 4.78 is 5.31. The molecule has 1 saturated heterocycles. The molecule has 0 saturated carbocycles. The van der Waals surface area contributed by atoms with Gasteiger partial charge < -0.3 is 14.7 Å². The fraction of sp³-hybridized carbons (Fsp3) is 0.417. The average Bonchev–Trinajstić information content (AvgIpc) is 2.68. The molecule has 1 aliphatic rings. The number of hydrogen-bond donors (Lipinski definition) is 2. The number of aryl methyl sites for hydroxylation is 1. The molecule has 1 fully saturated rings. The van der Waals surface area contributed by atoms with E-state index in [0.29, 0.717) is 24.3 Å². The molecule has 1 aliphatic heterocycles. The van der Waals surface area contributed by atoms with Crippen LogP contribution in [0.2, 0.25) is 0 Å². The summed E-state index contributed by atoms with van der Waals surface area (Å²) in [5.41, 5.74) is 3.35. The molecule has 0 unspecified atom stereocenters. The third-order valence-corrected chi connectivity index (χ3v) is 5.49. The van der Waals surface area contributed by atoms with E-state index in [0.717, 1.165) is 11.1 Å². The lowest BCUT2D eigenvalue weighted by Crippen LogP contribution is -2.49. The fourth-order valence-electron chi connectivity index (χ4n) is 3.51. The van der Waals surface area contributed by atoms with E-state index in [4.69, 9.17) is 4.74 Å². The number of piperidine rings is 1. The number of nitrogens with one attached hydrogen (secondary N) is 1. The highest BCUT2D eigenvalue weighted by atomic mass is 16.7. The molecule has 2 amide bonds. The molecule has 1 heterocycles. The highest BCUT2D eigenvalue weighted by Crippen LogP contribution is 2.27. The maximum absolute atomic E-state index is 12.7. The molecule has 6 nitrogen and oxygen atoms in total. The van der Waals surface area contributed by atoms with Crippen molar-refractivity contribution in [3.63, 3.8) is 0 Å². The van der Waals surface area contributed by atoms with E-state index >= 15 is 0 Å². The number of nitrogens with zero attached hydrogens (tertiary/aromatic N) is 1. The molecule has 0 bridgehead atoms. The molecule has 0 spiro atoms. The molecule has 2 aromatic carbocycles. The van der Waals surface area contributed by atoms with Gasteiger partial charge in [-0.05, 0) is 41.7 Å². The molecule has 0 aromatic heterocycles. The lowest BCUT2D eigenvalue weighted by Gasteiger charge is -2.37. The van der Waals surface area contributed by atoms with Crippen LogP contribution in [0, 0.1) is 6.92 Å². The van der Waals surface area contributed by atoms with Crippen LogP contribution in [0.5, 0.6) is 0 Å². The number of aliphatic hydroxyl groups is 1. The zero-order valence-electron chi connectivity index (χ0n) is 18.1. The van der Waals surface area contributed by atoms with E-state index in [1.54, 1.807) is 11.0 Å². The minimum Gasteiger partial charge on any atom is -0.417 e. The van der Waals surface area contributed by atoms with Crippen LogP contribution in [0.15, 0.2) is 48.5 Å². The second-order valence-corrected chi connectivity index (χ2v) is 8.90. The SMILES string of the molecule is Cc1ccccc1C(=O)N1CCC(O)(OC(=O)Nc2ccc(C(C)(C)C)cc2)CC1. The summed E-state index contributed by atoms with van der Waals surface area (Å²) in [4.78, 5) is 26.7. The van der Waals surface area contributed by atoms with Gasteiger partial charge in [0.15, 0.2) is 0 Å². The van der Waals surface area contributed by atoms with Gasteiger partial charge in [-0.3, -0.25) is 10.1 Å². The Balaban J connectivity index is 1.54. The van der Waals surface area contributed by atoms with E-state index in [2.05, 4.69) is 26.1 Å². The van der Waals surface area contributed by atoms with Gasteiger partial charge in [0.25, 0.3) is 5.91 Å². The maximum Gasteiger partial charge on any atom is 0.414 e. The molecule has 0 radical (unpaired) electrons. The Morgan fingerprint density at radius 2 is 1.63 bits per heavy atom. The van der Waals surface area contributed by atoms with Crippen molar-refractivity contribution in [3.8, 4) is 0 Å². The van der Waals surface area contributed by atoms with Crippen molar-refractivity contribution in [2.45, 2.75) is 51.7 Å². The first-order valence-corrected chi connectivity index (χ1v) is 10.3. The van der Waals surface area contributed by atoms with Crippen LogP contribution in [0.4, 0.5) is 10.5 Å². The van der Waals surface area contributed by atoms with Crippen molar-refractivity contribution in [1.29, 1.82) is 0 Å². The quantitative estimate of drug-likeness (QED) is 0.732. The molecule has 6 heteroatoms. The summed E-state index contributed by atoms with van der Waals surface area (Å²) in [5, 5.41) is 13.3. The average molecular weight is 411 g/mol. The van der Waals surface area contributed by atoms with Crippen LogP contribution in [0.3, 0.4) is 0 Å². The van der Waals surface area contributed by atoms with Crippen molar-refractivity contribution >= 4 is 17.7 Å². The van der Waals surface area contributed by atoms with Gasteiger partial charge in [-0.2, -0.15) is 0 Å². The Bertz CT molecular complexity index is 908. The van der Waals surface area contributed by atoms with Crippen molar-refractivity contribution in [1.82, 2.24) is 4.90 Å². The van der Waals surface area contributed by atoms with E-state index in [9.17, 15) is 14.7 Å². The van der Waals surface area contributed by atoms with Crippen LogP contribution in [-0.2, 0) is 10.2 Å². The molecule has 160 valence electrons. The number of carbonyl (C=O) groups excluding carboxylic acids is 2. The topological polar surface area (TPSA) is 78.9 Å². The molecule has 3 rings (SSSR count). The highest BCUT2D eigenvalue weighted by Gasteiger charge is 2.38. The number of likely N-dealkylation sites (tertiary alicyclic amines) is 1. The molecule has 2 N–H and O–H groups in total. The van der Waals surface area contributed by atoms with Gasteiger partial charge in [-0.15, -0.1) is 0 Å². The number of ether oxygens (including phenoxy) is 1. The zero-order chi connectivity index (χ0) is 21.9. The summed E-state index contributed by atoms with van der Waals surface area (Å²) in [6, 6.07) is 15.0. The Morgan fingerprint density at radius 1 is 1.03 bits per heavy atom. The Kier molecular flexibility index (Phi) is 6.17. The van der Waals surface area contributed by atoms with E-state index in [1.165, 1.54) is 0 Å². The lowest BCUT2D eigenvalue weighted by molar-refractivity contribution is -0.182. The first kappa shape index (κ1) is 21.8. The number of hydrogen-bond acceptors (Lipinski definition) is 4. The number of anilines is 1. The number of rotatable bonds is 3. The van der Waals surface area contributed by atoms with Crippen LogP contribution >= 0.6 is 0 Å². The minimum absolute atomic E-state index is 0.0257. The van der Waals surface area contributed by atoms with Gasteiger partial charge in [0.2, 0.25) is 5.79 Å². The fourth-order valence-corrected chi connectivity index (χ4v) is 3.51. The monoisotopic (exact) mass is 410 g/mol. The van der Waals surface area contributed by atoms with E-state index in [1.807, 2.05) is 49.4 Å². The van der Waals surface area contributed by atoms with Crippen molar-refractivity contribution in [3.05, 3.63) is 65.2 Å². The molecule has 0 atom stereocenters. The minimum atomic E-state index is -1.59. The van der Waals surface area contributed by atoms with Gasteiger partial charge >= 0.3 is 6.09 Å². The molecule has 2 aromatic rings. The second kappa shape index (κ2) is 8.48. The lowest BCUT2D eigenvalue weighted by atomic mass is 9.87. The van der Waals surface area contributed by atoms with Gasteiger partial charge in [-0.1, -0.05) is 51.1 Å². The van der Waals surface area contributed by atoms with Gasteiger partial charge in [0.1, 0.15) is 0 Å². The molecule has 30 heavy (non-hydrogen) atoms. The molecule has 0 aliphatic carbocycles. The van der Waals surface area contributed by atoms with Crippen LogP contribution in [0.25, 0.3) is 0 Å². The Labute approximate surface area is 177 Å². The smallest absolute Gasteiger partial charge is 0.414 e. The predicted octanol–water partition coefficient (Wildman–Crippen LogP) is 4.47. The van der Waals surface area contributed by atoms with Gasteiger partial charge in [0, 0.05) is 37.2 Å². The summed E-state index contributed by atoms with van der Waals surface area (Å²) in [7, 11) is 0. The number of amides is 2. The second-order valence-electron chi connectivity index (χ2n) is 8.90. The summed E-state index contributed by atoms with van der Waals surface area (Å²) in [6.07, 6.45) is -0.373. The van der Waals surface area contributed by atoms with Crippen LogP contribution in [0.1, 0.15) is 55.1 Å². The number of benzene rings is 2. The third-order valence-electron chi connectivity index (χ3n) is 5.49. The summed E-state index contributed by atoms with van der Waals surface area (Å²) in [6.45, 7) is 8.89. The van der Waals surface area contributed by atoms with E-state index < -0.39 is 11.9 Å². The largest absolute Gasteiger partial charge is 0.417 e. The van der Waals surface area contributed by atoms with Gasteiger partial charge in [-0.25, -0.2) is 4.79 Å². The van der Waals surface area contributed by atoms with E-state index in [-0.39, 0.29) is 24.2 Å². The Hall–Kier alpha value is -2.86. The number of carbonyl (C=O) groups is 2. The standard InChI is InChI=1S/C24H30N2O4/c1-17-7-5-6-8-20(17)21(27)26-15-13-24(29,14-16-26)30-22(28)25-19-11-9-18(10-12-19)23(2,3)4/h5-12,29H,13-16H2,1-4H3,(H,25,28). The summed E-state index contributed by atoms with van der Waals surface area (Å²) in [5.74, 6) is -1.66. The first-order chi connectivity index (χ1) is 14.1. The Morgan fingerprint density at radius 3 is 2.20 bits per heavy atom. The van der Waals surface area contributed by atoms with Crippen molar-refractivity contribution in [2.24, 2.45) is 0 Å². The zero-order valence-corrected chi connectivity index (χ0v) is 18.1. The highest BCUT2D eigenvalue weighted by molar-refractivity contribution is 5.95. The van der Waals surface area contributed by atoms with Crippen LogP contribution < -0.4 is 5.32 Å². The van der Waals surface area contributed by atoms with Crippen molar-refractivity contribution in [2.75, 3.05) is 18.4 Å². The van der Waals surface area contributed by atoms with Crippen molar-refractivity contribution < 1.29 is 19.4 Å². The maximum atomic E-state index is 12.7. The first-order valence-electron chi connectivity index (χ1n) is 10.3. The normalized spacial score (nSPS) is 16.1. The third kappa shape index (κ3) is 5.19. The van der Waals surface area contributed by atoms with Crippen LogP contribution in [-0.4, -0.2) is 40.9 Å².